The number of aryl methyl sites for hydroxylation is 1. The summed E-state index contributed by atoms with van der Waals surface area (Å²) in [6, 6.07) is 6.42. The van der Waals surface area contributed by atoms with Crippen molar-refractivity contribution in [1.29, 1.82) is 0 Å². The van der Waals surface area contributed by atoms with Crippen molar-refractivity contribution in [2.45, 2.75) is 27.3 Å². The normalized spacial score (nSPS) is 12.5. The van der Waals surface area contributed by atoms with E-state index in [1.807, 2.05) is 6.92 Å². The zero-order valence-electron chi connectivity index (χ0n) is 15.8. The quantitative estimate of drug-likeness (QED) is 0.295. The maximum atomic E-state index is 12.2. The van der Waals surface area contributed by atoms with E-state index in [-0.39, 0.29) is 12.4 Å². The number of rotatable bonds is 8. The minimum atomic E-state index is -0.575. The Kier molecular flexibility index (Phi) is 7.00. The zero-order chi connectivity index (χ0) is 20.8. The predicted octanol–water partition coefficient (Wildman–Crippen LogP) is 1.52. The summed E-state index contributed by atoms with van der Waals surface area (Å²) in [6.07, 6.45) is 0. The van der Waals surface area contributed by atoms with Crippen LogP contribution in [-0.4, -0.2) is 34.1 Å². The summed E-state index contributed by atoms with van der Waals surface area (Å²) in [7, 11) is 0. The summed E-state index contributed by atoms with van der Waals surface area (Å²) in [5.41, 5.74) is 12.9. The van der Waals surface area contributed by atoms with Gasteiger partial charge in [-0.2, -0.15) is 5.10 Å². The van der Waals surface area contributed by atoms with Crippen LogP contribution in [0.5, 0.6) is 5.75 Å². The largest absolute Gasteiger partial charge is 0.484 e. The van der Waals surface area contributed by atoms with Crippen LogP contribution in [-0.2, 0) is 21.0 Å². The number of ether oxygens (including phenoxy) is 1. The Morgan fingerprint density at radius 3 is 2.43 bits per heavy atom. The number of amides is 1. The van der Waals surface area contributed by atoms with Crippen LogP contribution in [0.15, 0.2) is 29.4 Å². The number of oxime groups is 1. The van der Waals surface area contributed by atoms with Crippen molar-refractivity contribution in [3.8, 4) is 5.75 Å². The Balaban J connectivity index is 1.94. The highest BCUT2D eigenvalue weighted by atomic mass is 35.5. The lowest BCUT2D eigenvalue weighted by molar-refractivity contribution is -0.148. The highest BCUT2D eigenvalue weighted by Crippen LogP contribution is 2.20. The van der Waals surface area contributed by atoms with Gasteiger partial charge in [-0.25, -0.2) is 4.79 Å². The molecule has 1 amide bonds. The second-order valence-corrected chi connectivity index (χ2v) is 6.61. The number of primary amides is 1. The van der Waals surface area contributed by atoms with E-state index < -0.39 is 17.8 Å². The second-order valence-electron chi connectivity index (χ2n) is 6.23. The molecule has 2 rings (SSSR count). The van der Waals surface area contributed by atoms with Gasteiger partial charge in [-0.15, -0.1) is 0 Å². The van der Waals surface area contributed by atoms with Crippen LogP contribution < -0.4 is 16.2 Å². The average Bonchev–Trinajstić information content (AvgIpc) is 2.91. The molecular weight excluding hydrogens is 386 g/mol. The molecule has 0 radical (unpaired) electrons. The van der Waals surface area contributed by atoms with Crippen molar-refractivity contribution in [3.63, 3.8) is 0 Å². The molecule has 2 aromatic rings. The van der Waals surface area contributed by atoms with Gasteiger partial charge >= 0.3 is 5.97 Å². The summed E-state index contributed by atoms with van der Waals surface area (Å²) in [5.74, 6) is -1.15. The molecule has 9 nitrogen and oxygen atoms in total. The Hall–Kier alpha value is -3.07. The Morgan fingerprint density at radius 2 is 1.89 bits per heavy atom. The van der Waals surface area contributed by atoms with E-state index in [2.05, 4.69) is 10.3 Å². The summed E-state index contributed by atoms with van der Waals surface area (Å²) in [4.78, 5) is 27.8. The number of nitrogens with two attached hydrogens (primary N) is 2. The van der Waals surface area contributed by atoms with Crippen LogP contribution in [0.2, 0.25) is 5.02 Å². The minimum absolute atomic E-state index is 0.0242. The third-order valence-electron chi connectivity index (χ3n) is 3.91. The molecule has 0 bridgehead atoms. The molecule has 1 heterocycles. The number of nitrogens with zero attached hydrogens (tertiary/aromatic N) is 3. The molecule has 1 aromatic heterocycles. The molecule has 0 spiro atoms. The standard InChI is InChI=1S/C18H22ClN5O4/c1-10(8-24-12(3)16(19)11(2)22-24)18(26)28-23-17(21)13-4-6-14(7-5-13)27-9-15(20)25/h4-7,10H,8-9H2,1-3H3,(H2,20,25)(H2,21,23). The van der Waals surface area contributed by atoms with Crippen LogP contribution in [0, 0.1) is 19.8 Å². The molecule has 0 saturated carbocycles. The molecular formula is C18H22ClN5O4. The van der Waals surface area contributed by atoms with Crippen molar-refractivity contribution < 1.29 is 19.2 Å². The second kappa shape index (κ2) is 9.23. The SMILES string of the molecule is Cc1nn(CC(C)C(=O)O/N=C(\N)c2ccc(OCC(N)=O)cc2)c(C)c1Cl. The van der Waals surface area contributed by atoms with Crippen molar-refractivity contribution >= 4 is 29.3 Å². The average molecular weight is 408 g/mol. The van der Waals surface area contributed by atoms with Gasteiger partial charge in [-0.1, -0.05) is 23.7 Å². The van der Waals surface area contributed by atoms with Crippen molar-refractivity contribution in [2.75, 3.05) is 6.61 Å². The van der Waals surface area contributed by atoms with Crippen molar-refractivity contribution in [1.82, 2.24) is 9.78 Å². The number of carbonyl (C=O) groups excluding carboxylic acids is 2. The first-order chi connectivity index (χ1) is 13.2. The van der Waals surface area contributed by atoms with Gasteiger partial charge < -0.3 is 21.0 Å². The van der Waals surface area contributed by atoms with Gasteiger partial charge in [0.1, 0.15) is 5.75 Å². The molecule has 1 unspecified atom stereocenters. The van der Waals surface area contributed by atoms with Gasteiger partial charge in [0.05, 0.1) is 28.9 Å². The monoisotopic (exact) mass is 407 g/mol. The van der Waals surface area contributed by atoms with Crippen LogP contribution in [0.3, 0.4) is 0 Å². The van der Waals surface area contributed by atoms with Crippen LogP contribution >= 0.6 is 11.6 Å². The highest BCUT2D eigenvalue weighted by Gasteiger charge is 2.19. The lowest BCUT2D eigenvalue weighted by atomic mass is 10.2. The molecule has 0 aliphatic heterocycles. The van der Waals surface area contributed by atoms with Gasteiger partial charge in [0.2, 0.25) is 0 Å². The molecule has 28 heavy (non-hydrogen) atoms. The maximum Gasteiger partial charge on any atom is 0.339 e. The van der Waals surface area contributed by atoms with E-state index in [1.165, 1.54) is 0 Å². The lowest BCUT2D eigenvalue weighted by Gasteiger charge is -2.10. The number of carbonyl (C=O) groups is 2. The Labute approximate surface area is 167 Å². The first-order valence-corrected chi connectivity index (χ1v) is 8.82. The number of amidine groups is 1. The topological polar surface area (TPSA) is 135 Å². The fraction of sp³-hybridized carbons (Fsp3) is 0.333. The Morgan fingerprint density at radius 1 is 1.25 bits per heavy atom. The van der Waals surface area contributed by atoms with Gasteiger partial charge in [0, 0.05) is 5.56 Å². The molecule has 0 aliphatic rings. The molecule has 4 N–H and O–H groups in total. The van der Waals surface area contributed by atoms with Gasteiger partial charge in [0.25, 0.3) is 5.91 Å². The maximum absolute atomic E-state index is 12.2. The molecule has 1 aromatic carbocycles. The fourth-order valence-electron chi connectivity index (χ4n) is 2.30. The third-order valence-corrected chi connectivity index (χ3v) is 4.45. The van der Waals surface area contributed by atoms with Crippen LogP contribution in [0.25, 0.3) is 0 Å². The first kappa shape index (κ1) is 21.2. The predicted molar refractivity (Wildman–Crippen MR) is 104 cm³/mol. The zero-order valence-corrected chi connectivity index (χ0v) is 16.6. The lowest BCUT2D eigenvalue weighted by Crippen LogP contribution is -2.22. The van der Waals surface area contributed by atoms with Gasteiger partial charge in [-0.05, 0) is 38.1 Å². The number of aromatic nitrogens is 2. The molecule has 0 fully saturated rings. The van der Waals surface area contributed by atoms with Crippen molar-refractivity contribution in [2.24, 2.45) is 22.5 Å². The first-order valence-electron chi connectivity index (χ1n) is 8.44. The van der Waals surface area contributed by atoms with E-state index in [9.17, 15) is 9.59 Å². The summed E-state index contributed by atoms with van der Waals surface area (Å²) >= 11 is 6.11. The molecule has 1 atom stereocenters. The van der Waals surface area contributed by atoms with E-state index in [1.54, 1.807) is 42.8 Å². The third kappa shape index (κ3) is 5.46. The number of hydrogen-bond donors (Lipinski definition) is 2. The Bertz CT molecular complexity index is 892. The fourth-order valence-corrected chi connectivity index (χ4v) is 2.44. The number of hydrogen-bond acceptors (Lipinski definition) is 6. The smallest absolute Gasteiger partial charge is 0.339 e. The summed E-state index contributed by atoms with van der Waals surface area (Å²) in [5, 5.41) is 8.54. The summed E-state index contributed by atoms with van der Waals surface area (Å²) in [6.45, 7) is 5.40. The van der Waals surface area contributed by atoms with Crippen molar-refractivity contribution in [3.05, 3.63) is 46.2 Å². The van der Waals surface area contributed by atoms with E-state index >= 15 is 0 Å². The minimum Gasteiger partial charge on any atom is -0.484 e. The molecule has 0 saturated heterocycles. The van der Waals surface area contributed by atoms with Crippen LogP contribution in [0.4, 0.5) is 0 Å². The highest BCUT2D eigenvalue weighted by molar-refractivity contribution is 6.31. The molecule has 150 valence electrons. The summed E-state index contributed by atoms with van der Waals surface area (Å²) < 4.78 is 6.80. The van der Waals surface area contributed by atoms with Gasteiger partial charge in [-0.3, -0.25) is 9.48 Å². The van der Waals surface area contributed by atoms with E-state index in [4.69, 9.17) is 32.6 Å². The molecule has 0 aliphatic carbocycles. The van der Waals surface area contributed by atoms with Crippen LogP contribution in [0.1, 0.15) is 23.9 Å². The molecule has 10 heteroatoms. The number of halogens is 1. The number of benzene rings is 1. The van der Waals surface area contributed by atoms with E-state index in [0.717, 1.165) is 5.69 Å². The van der Waals surface area contributed by atoms with E-state index in [0.29, 0.717) is 28.6 Å². The van der Waals surface area contributed by atoms with Gasteiger partial charge in [0.15, 0.2) is 12.4 Å².